The molecular weight excluding hydrogens is 190 g/mol. The lowest BCUT2D eigenvalue weighted by Crippen LogP contribution is -2.42. The monoisotopic (exact) mass is 207 g/mol. The first-order chi connectivity index (χ1) is 7.18. The van der Waals surface area contributed by atoms with Gasteiger partial charge in [-0.05, 0) is 32.3 Å². The van der Waals surface area contributed by atoms with Gasteiger partial charge in [-0.2, -0.15) is 5.10 Å². The molecule has 0 N–H and O–H groups in total. The molecular formula is C11H17N3O. The predicted octanol–water partition coefficient (Wildman–Crippen LogP) is 1.43. The molecule has 4 nitrogen and oxygen atoms in total. The largest absolute Gasteiger partial charge is 0.335 e. The van der Waals surface area contributed by atoms with Crippen LogP contribution in [0.2, 0.25) is 0 Å². The van der Waals surface area contributed by atoms with Crippen LogP contribution in [0.5, 0.6) is 0 Å². The molecule has 1 atom stereocenters. The molecule has 1 fully saturated rings. The summed E-state index contributed by atoms with van der Waals surface area (Å²) in [6.07, 6.45) is 5.26. The van der Waals surface area contributed by atoms with Gasteiger partial charge in [0.2, 0.25) is 0 Å². The SMILES string of the molecule is C[C@@H]1CCCCN1C(=O)c1ccn(C)n1. The minimum atomic E-state index is 0.0720. The molecule has 1 aliphatic rings. The molecule has 1 amide bonds. The van der Waals surface area contributed by atoms with Crippen molar-refractivity contribution < 1.29 is 4.79 Å². The Kier molecular flexibility index (Phi) is 2.75. The summed E-state index contributed by atoms with van der Waals surface area (Å²) in [4.78, 5) is 14.0. The highest BCUT2D eigenvalue weighted by molar-refractivity contribution is 5.92. The maximum atomic E-state index is 12.1. The van der Waals surface area contributed by atoms with E-state index in [0.717, 1.165) is 19.4 Å². The fourth-order valence-corrected chi connectivity index (χ4v) is 2.08. The molecule has 0 unspecified atom stereocenters. The van der Waals surface area contributed by atoms with Crippen molar-refractivity contribution in [3.05, 3.63) is 18.0 Å². The Morgan fingerprint density at radius 2 is 2.33 bits per heavy atom. The molecule has 82 valence electrons. The van der Waals surface area contributed by atoms with Gasteiger partial charge in [0.15, 0.2) is 0 Å². The van der Waals surface area contributed by atoms with E-state index in [0.29, 0.717) is 11.7 Å². The molecule has 2 rings (SSSR count). The number of likely N-dealkylation sites (tertiary alicyclic amines) is 1. The number of carbonyl (C=O) groups excluding carboxylic acids is 1. The van der Waals surface area contributed by atoms with Crippen LogP contribution < -0.4 is 0 Å². The lowest BCUT2D eigenvalue weighted by molar-refractivity contribution is 0.0628. The van der Waals surface area contributed by atoms with Gasteiger partial charge < -0.3 is 4.90 Å². The van der Waals surface area contributed by atoms with Crippen molar-refractivity contribution in [1.29, 1.82) is 0 Å². The summed E-state index contributed by atoms with van der Waals surface area (Å²) in [5.41, 5.74) is 0.561. The average Bonchev–Trinajstić information content (AvgIpc) is 2.65. The Balaban J connectivity index is 2.13. The highest BCUT2D eigenvalue weighted by atomic mass is 16.2. The molecule has 1 aromatic rings. The molecule has 1 saturated heterocycles. The van der Waals surface area contributed by atoms with Gasteiger partial charge in [0.25, 0.3) is 5.91 Å². The average molecular weight is 207 g/mol. The van der Waals surface area contributed by atoms with E-state index >= 15 is 0 Å². The topological polar surface area (TPSA) is 38.1 Å². The Labute approximate surface area is 89.9 Å². The Morgan fingerprint density at radius 1 is 1.53 bits per heavy atom. The zero-order valence-electron chi connectivity index (χ0n) is 9.31. The van der Waals surface area contributed by atoms with Gasteiger partial charge in [-0.1, -0.05) is 0 Å². The summed E-state index contributed by atoms with van der Waals surface area (Å²) in [7, 11) is 1.83. The minimum absolute atomic E-state index is 0.0720. The van der Waals surface area contributed by atoms with E-state index in [1.807, 2.05) is 18.1 Å². The number of amides is 1. The van der Waals surface area contributed by atoms with Gasteiger partial charge in [-0.3, -0.25) is 9.48 Å². The molecule has 0 aromatic carbocycles. The first-order valence-corrected chi connectivity index (χ1v) is 5.49. The second kappa shape index (κ2) is 4.04. The third kappa shape index (κ3) is 2.03. The minimum Gasteiger partial charge on any atom is -0.335 e. The van der Waals surface area contributed by atoms with Crippen LogP contribution >= 0.6 is 0 Å². The summed E-state index contributed by atoms with van der Waals surface area (Å²) < 4.78 is 1.67. The van der Waals surface area contributed by atoms with E-state index in [9.17, 15) is 4.79 Å². The second-order valence-electron chi connectivity index (χ2n) is 4.22. The van der Waals surface area contributed by atoms with Gasteiger partial charge in [0.1, 0.15) is 5.69 Å². The number of carbonyl (C=O) groups is 1. The molecule has 1 aromatic heterocycles. The maximum Gasteiger partial charge on any atom is 0.274 e. The molecule has 2 heterocycles. The number of piperidine rings is 1. The third-order valence-electron chi connectivity index (χ3n) is 3.00. The molecule has 1 aliphatic heterocycles. The van der Waals surface area contributed by atoms with Crippen molar-refractivity contribution in [3.63, 3.8) is 0 Å². The van der Waals surface area contributed by atoms with Crippen LogP contribution in [0.4, 0.5) is 0 Å². The molecule has 15 heavy (non-hydrogen) atoms. The van der Waals surface area contributed by atoms with Crippen LogP contribution in [0.1, 0.15) is 36.7 Å². The highest BCUT2D eigenvalue weighted by Gasteiger charge is 2.25. The van der Waals surface area contributed by atoms with E-state index in [4.69, 9.17) is 0 Å². The highest BCUT2D eigenvalue weighted by Crippen LogP contribution is 2.18. The van der Waals surface area contributed by atoms with Crippen LogP contribution in [0.3, 0.4) is 0 Å². The van der Waals surface area contributed by atoms with Crippen molar-refractivity contribution in [1.82, 2.24) is 14.7 Å². The summed E-state index contributed by atoms with van der Waals surface area (Å²) >= 11 is 0. The summed E-state index contributed by atoms with van der Waals surface area (Å²) in [5.74, 6) is 0.0720. The molecule has 0 aliphatic carbocycles. The van der Waals surface area contributed by atoms with E-state index in [1.165, 1.54) is 6.42 Å². The van der Waals surface area contributed by atoms with E-state index < -0.39 is 0 Å². The Bertz CT molecular complexity index is 358. The van der Waals surface area contributed by atoms with E-state index in [2.05, 4.69) is 12.0 Å². The summed E-state index contributed by atoms with van der Waals surface area (Å²) in [6, 6.07) is 2.14. The van der Waals surface area contributed by atoms with Crippen LogP contribution in [0.15, 0.2) is 12.3 Å². The molecule has 0 bridgehead atoms. The number of hydrogen-bond donors (Lipinski definition) is 0. The fourth-order valence-electron chi connectivity index (χ4n) is 2.08. The van der Waals surface area contributed by atoms with Crippen LogP contribution in [0, 0.1) is 0 Å². The van der Waals surface area contributed by atoms with Crippen LogP contribution in [-0.2, 0) is 7.05 Å². The first-order valence-electron chi connectivity index (χ1n) is 5.49. The molecule has 0 radical (unpaired) electrons. The number of aryl methyl sites for hydroxylation is 1. The second-order valence-corrected chi connectivity index (χ2v) is 4.22. The summed E-state index contributed by atoms with van der Waals surface area (Å²) in [5, 5.41) is 4.15. The van der Waals surface area contributed by atoms with E-state index in [1.54, 1.807) is 10.7 Å². The molecule has 4 heteroatoms. The van der Waals surface area contributed by atoms with Gasteiger partial charge in [0.05, 0.1) is 0 Å². The van der Waals surface area contributed by atoms with Crippen molar-refractivity contribution >= 4 is 5.91 Å². The Morgan fingerprint density at radius 3 is 2.93 bits per heavy atom. The quantitative estimate of drug-likeness (QED) is 0.698. The van der Waals surface area contributed by atoms with Gasteiger partial charge in [-0.25, -0.2) is 0 Å². The fraction of sp³-hybridized carbons (Fsp3) is 0.636. The number of rotatable bonds is 1. The van der Waals surface area contributed by atoms with Crippen molar-refractivity contribution in [2.45, 2.75) is 32.2 Å². The zero-order chi connectivity index (χ0) is 10.8. The standard InChI is InChI=1S/C11H17N3O/c1-9-5-3-4-7-14(9)11(15)10-6-8-13(2)12-10/h6,8-9H,3-5,7H2,1-2H3/t9-/m1/s1. The van der Waals surface area contributed by atoms with E-state index in [-0.39, 0.29) is 5.91 Å². The first kappa shape index (κ1) is 10.2. The number of nitrogens with zero attached hydrogens (tertiary/aromatic N) is 3. The van der Waals surface area contributed by atoms with Crippen molar-refractivity contribution in [2.24, 2.45) is 7.05 Å². The lowest BCUT2D eigenvalue weighted by Gasteiger charge is -2.32. The lowest BCUT2D eigenvalue weighted by atomic mass is 10.0. The van der Waals surface area contributed by atoms with Crippen molar-refractivity contribution in [3.8, 4) is 0 Å². The number of hydrogen-bond acceptors (Lipinski definition) is 2. The van der Waals surface area contributed by atoms with Gasteiger partial charge in [0, 0.05) is 25.8 Å². The zero-order valence-corrected chi connectivity index (χ0v) is 9.31. The van der Waals surface area contributed by atoms with Crippen molar-refractivity contribution in [2.75, 3.05) is 6.54 Å². The molecule has 0 saturated carbocycles. The predicted molar refractivity (Wildman–Crippen MR) is 57.6 cm³/mol. The Hall–Kier alpha value is -1.32. The van der Waals surface area contributed by atoms with Gasteiger partial charge in [-0.15, -0.1) is 0 Å². The van der Waals surface area contributed by atoms with Crippen LogP contribution in [-0.4, -0.2) is 33.2 Å². The third-order valence-corrected chi connectivity index (χ3v) is 3.00. The summed E-state index contributed by atoms with van der Waals surface area (Å²) in [6.45, 7) is 2.98. The molecule has 0 spiro atoms. The number of aromatic nitrogens is 2. The normalized spacial score (nSPS) is 21.7. The smallest absolute Gasteiger partial charge is 0.274 e. The maximum absolute atomic E-state index is 12.1. The van der Waals surface area contributed by atoms with Gasteiger partial charge >= 0.3 is 0 Å². The van der Waals surface area contributed by atoms with Crippen LogP contribution in [0.25, 0.3) is 0 Å².